The van der Waals surface area contributed by atoms with Crippen LogP contribution in [0.2, 0.25) is 5.02 Å². The number of hydrogen-bond donors (Lipinski definition) is 1. The minimum atomic E-state index is 0.164. The quantitative estimate of drug-likeness (QED) is 0.894. The lowest BCUT2D eigenvalue weighted by Gasteiger charge is -2.24. The highest BCUT2D eigenvalue weighted by Gasteiger charge is 2.23. The first kappa shape index (κ1) is 14.7. The minimum Gasteiger partial charge on any atom is -0.370 e. The molecule has 1 aliphatic heterocycles. The Bertz CT molecular complexity index is 506. The molecule has 2 fully saturated rings. The van der Waals surface area contributed by atoms with Crippen LogP contribution in [0.3, 0.4) is 0 Å². The van der Waals surface area contributed by atoms with Crippen LogP contribution in [0.25, 0.3) is 0 Å². The lowest BCUT2D eigenvalue weighted by atomic mass is 9.88. The number of halogens is 1. The molecule has 2 aliphatic rings. The van der Waals surface area contributed by atoms with Gasteiger partial charge < -0.3 is 10.2 Å². The molecule has 4 heteroatoms. The summed E-state index contributed by atoms with van der Waals surface area (Å²) in [6, 6.07) is 5.82. The molecule has 1 amide bonds. The van der Waals surface area contributed by atoms with Gasteiger partial charge in [-0.1, -0.05) is 30.9 Å². The van der Waals surface area contributed by atoms with Gasteiger partial charge in [0.1, 0.15) is 0 Å². The summed E-state index contributed by atoms with van der Waals surface area (Å²) in [5, 5.41) is 3.81. The van der Waals surface area contributed by atoms with Gasteiger partial charge in [-0.15, -0.1) is 0 Å². The zero-order valence-electron chi connectivity index (χ0n) is 12.4. The van der Waals surface area contributed by atoms with Crippen molar-refractivity contribution in [2.75, 3.05) is 23.3 Å². The number of benzene rings is 1. The fourth-order valence-corrected chi connectivity index (χ4v) is 3.61. The maximum atomic E-state index is 12.5. The standard InChI is InChI=1S/C17H23ClN2O/c18-14-8-9-16(20-10-4-5-11-20)15(12-14)19-17(21)13-6-2-1-3-7-13/h8-9,12-13H,1-7,10-11H2,(H,19,21). The molecule has 3 rings (SSSR count). The van der Waals surface area contributed by atoms with Crippen molar-refractivity contribution in [3.05, 3.63) is 23.2 Å². The summed E-state index contributed by atoms with van der Waals surface area (Å²) >= 11 is 6.12. The van der Waals surface area contributed by atoms with Crippen LogP contribution in [0.15, 0.2) is 18.2 Å². The fraction of sp³-hybridized carbons (Fsp3) is 0.588. The second-order valence-electron chi connectivity index (χ2n) is 6.18. The molecule has 0 bridgehead atoms. The molecule has 1 aromatic carbocycles. The molecule has 1 saturated heterocycles. The van der Waals surface area contributed by atoms with Gasteiger partial charge in [0.25, 0.3) is 0 Å². The van der Waals surface area contributed by atoms with Gasteiger partial charge in [0.05, 0.1) is 11.4 Å². The fourth-order valence-electron chi connectivity index (χ4n) is 3.44. The second-order valence-corrected chi connectivity index (χ2v) is 6.62. The van der Waals surface area contributed by atoms with Gasteiger partial charge >= 0.3 is 0 Å². The third-order valence-corrected chi connectivity index (χ3v) is 4.87. The number of anilines is 2. The highest BCUT2D eigenvalue weighted by molar-refractivity contribution is 6.31. The van der Waals surface area contributed by atoms with Crippen molar-refractivity contribution in [2.24, 2.45) is 5.92 Å². The number of carbonyl (C=O) groups excluding carboxylic acids is 1. The smallest absolute Gasteiger partial charge is 0.227 e. The summed E-state index contributed by atoms with van der Waals surface area (Å²) in [5.41, 5.74) is 1.99. The van der Waals surface area contributed by atoms with E-state index >= 15 is 0 Å². The van der Waals surface area contributed by atoms with E-state index in [0.29, 0.717) is 5.02 Å². The van der Waals surface area contributed by atoms with Gasteiger partial charge in [-0.3, -0.25) is 4.79 Å². The van der Waals surface area contributed by atoms with Crippen LogP contribution in [-0.2, 0) is 4.79 Å². The molecule has 0 atom stereocenters. The lowest BCUT2D eigenvalue weighted by Crippen LogP contribution is -2.26. The SMILES string of the molecule is O=C(Nc1cc(Cl)ccc1N1CCCC1)C1CCCCC1. The highest BCUT2D eigenvalue weighted by Crippen LogP contribution is 2.33. The topological polar surface area (TPSA) is 32.3 Å². The van der Waals surface area contributed by atoms with Gasteiger partial charge in [-0.25, -0.2) is 0 Å². The van der Waals surface area contributed by atoms with Crippen molar-refractivity contribution in [1.29, 1.82) is 0 Å². The van der Waals surface area contributed by atoms with E-state index in [2.05, 4.69) is 10.2 Å². The van der Waals surface area contributed by atoms with E-state index < -0.39 is 0 Å². The van der Waals surface area contributed by atoms with Gasteiger partial charge in [0, 0.05) is 24.0 Å². The summed E-state index contributed by atoms with van der Waals surface area (Å²) in [6.45, 7) is 2.13. The van der Waals surface area contributed by atoms with E-state index in [1.165, 1.54) is 32.1 Å². The zero-order chi connectivity index (χ0) is 14.7. The Balaban J connectivity index is 1.76. The Labute approximate surface area is 131 Å². The Morgan fingerprint density at radius 1 is 1.10 bits per heavy atom. The Hall–Kier alpha value is -1.22. The molecule has 21 heavy (non-hydrogen) atoms. The predicted octanol–water partition coefficient (Wildman–Crippen LogP) is 4.46. The minimum absolute atomic E-state index is 0.164. The van der Waals surface area contributed by atoms with E-state index in [0.717, 1.165) is 37.3 Å². The van der Waals surface area contributed by atoms with E-state index in [1.54, 1.807) is 0 Å². The molecule has 1 saturated carbocycles. The van der Waals surface area contributed by atoms with Gasteiger partial charge in [-0.2, -0.15) is 0 Å². The summed E-state index contributed by atoms with van der Waals surface area (Å²) in [6.07, 6.45) is 8.09. The lowest BCUT2D eigenvalue weighted by molar-refractivity contribution is -0.120. The highest BCUT2D eigenvalue weighted by atomic mass is 35.5. The van der Waals surface area contributed by atoms with E-state index in [-0.39, 0.29) is 11.8 Å². The van der Waals surface area contributed by atoms with Crippen LogP contribution < -0.4 is 10.2 Å². The number of hydrogen-bond acceptors (Lipinski definition) is 2. The van der Waals surface area contributed by atoms with Crippen LogP contribution >= 0.6 is 11.6 Å². The van der Waals surface area contributed by atoms with Crippen molar-refractivity contribution >= 4 is 28.9 Å². The summed E-state index contributed by atoms with van der Waals surface area (Å²) in [7, 11) is 0. The largest absolute Gasteiger partial charge is 0.370 e. The van der Waals surface area contributed by atoms with Crippen LogP contribution in [0.4, 0.5) is 11.4 Å². The number of carbonyl (C=O) groups is 1. The van der Waals surface area contributed by atoms with Crippen molar-refractivity contribution in [2.45, 2.75) is 44.9 Å². The molecule has 1 N–H and O–H groups in total. The molecule has 0 unspecified atom stereocenters. The number of rotatable bonds is 3. The molecule has 1 aromatic rings. The number of nitrogens with one attached hydrogen (secondary N) is 1. The summed E-state index contributed by atoms with van der Waals surface area (Å²) < 4.78 is 0. The normalized spacial score (nSPS) is 19.8. The first-order valence-electron chi connectivity index (χ1n) is 8.09. The van der Waals surface area contributed by atoms with Gasteiger partial charge in [0.15, 0.2) is 0 Å². The van der Waals surface area contributed by atoms with Crippen LogP contribution in [0.1, 0.15) is 44.9 Å². The molecule has 1 aliphatic carbocycles. The predicted molar refractivity (Wildman–Crippen MR) is 88.1 cm³/mol. The van der Waals surface area contributed by atoms with Crippen LogP contribution in [-0.4, -0.2) is 19.0 Å². The molecule has 0 radical (unpaired) electrons. The zero-order valence-corrected chi connectivity index (χ0v) is 13.2. The monoisotopic (exact) mass is 306 g/mol. The molecule has 1 heterocycles. The average molecular weight is 307 g/mol. The molecule has 0 aromatic heterocycles. The first-order valence-corrected chi connectivity index (χ1v) is 8.47. The van der Waals surface area contributed by atoms with Crippen molar-refractivity contribution < 1.29 is 4.79 Å². The van der Waals surface area contributed by atoms with Crippen LogP contribution in [0, 0.1) is 5.92 Å². The third-order valence-electron chi connectivity index (χ3n) is 4.64. The maximum absolute atomic E-state index is 12.5. The van der Waals surface area contributed by atoms with E-state index in [9.17, 15) is 4.79 Å². The maximum Gasteiger partial charge on any atom is 0.227 e. The van der Waals surface area contributed by atoms with E-state index in [4.69, 9.17) is 11.6 Å². The molecular weight excluding hydrogens is 284 g/mol. The average Bonchev–Trinajstić information content (AvgIpc) is 3.02. The second kappa shape index (κ2) is 6.69. The van der Waals surface area contributed by atoms with Gasteiger partial charge in [-0.05, 0) is 43.9 Å². The Morgan fingerprint density at radius 3 is 2.52 bits per heavy atom. The summed E-state index contributed by atoms with van der Waals surface area (Å²) in [5.74, 6) is 0.335. The number of nitrogens with zero attached hydrogens (tertiary/aromatic N) is 1. The molecular formula is C17H23ClN2O. The third kappa shape index (κ3) is 3.52. The molecule has 0 spiro atoms. The van der Waals surface area contributed by atoms with E-state index in [1.807, 2.05) is 18.2 Å². The molecule has 114 valence electrons. The Morgan fingerprint density at radius 2 is 1.81 bits per heavy atom. The van der Waals surface area contributed by atoms with Crippen molar-refractivity contribution in [3.63, 3.8) is 0 Å². The van der Waals surface area contributed by atoms with Crippen LogP contribution in [0.5, 0.6) is 0 Å². The van der Waals surface area contributed by atoms with Crippen molar-refractivity contribution in [3.8, 4) is 0 Å². The first-order chi connectivity index (χ1) is 10.2. The van der Waals surface area contributed by atoms with Crippen molar-refractivity contribution in [1.82, 2.24) is 0 Å². The van der Waals surface area contributed by atoms with Gasteiger partial charge in [0.2, 0.25) is 5.91 Å². The number of amides is 1. The molecule has 3 nitrogen and oxygen atoms in total. The summed E-state index contributed by atoms with van der Waals surface area (Å²) in [4.78, 5) is 14.8. The Kier molecular flexibility index (Phi) is 4.69.